The van der Waals surface area contributed by atoms with Crippen molar-refractivity contribution < 1.29 is 9.53 Å². The number of aromatic nitrogens is 3. The minimum Gasteiger partial charge on any atom is -0.465 e. The summed E-state index contributed by atoms with van der Waals surface area (Å²) in [6, 6.07) is 0. The molecule has 0 saturated carbocycles. The van der Waals surface area contributed by atoms with E-state index in [1.54, 1.807) is 24.9 Å². The molecule has 0 aromatic carbocycles. The van der Waals surface area contributed by atoms with Crippen LogP contribution in [0.15, 0.2) is 6.20 Å². The topological polar surface area (TPSA) is 83.0 Å². The molecule has 84 valence electrons. The normalized spacial score (nSPS) is 10.7. The van der Waals surface area contributed by atoms with Crippen LogP contribution in [-0.2, 0) is 11.8 Å². The zero-order valence-corrected chi connectivity index (χ0v) is 9.31. The van der Waals surface area contributed by atoms with E-state index in [-0.39, 0.29) is 0 Å². The minimum atomic E-state index is -0.478. The van der Waals surface area contributed by atoms with E-state index in [1.807, 2.05) is 0 Å². The number of rotatable bonds is 1. The van der Waals surface area contributed by atoms with Gasteiger partial charge < -0.3 is 10.5 Å². The van der Waals surface area contributed by atoms with Crippen molar-refractivity contribution in [3.8, 4) is 0 Å². The van der Waals surface area contributed by atoms with Gasteiger partial charge in [-0.05, 0) is 6.92 Å². The van der Waals surface area contributed by atoms with E-state index in [0.717, 1.165) is 0 Å². The fraction of sp³-hybridized carbons (Fsp3) is 0.300. The number of carbonyl (C=O) groups excluding carboxylic acids is 1. The van der Waals surface area contributed by atoms with Gasteiger partial charge in [0.05, 0.1) is 30.1 Å². The van der Waals surface area contributed by atoms with E-state index in [2.05, 4.69) is 14.8 Å². The molecule has 0 atom stereocenters. The predicted molar refractivity (Wildman–Crippen MR) is 59.0 cm³/mol. The Morgan fingerprint density at radius 3 is 2.88 bits per heavy atom. The quantitative estimate of drug-likeness (QED) is 0.713. The zero-order valence-electron chi connectivity index (χ0n) is 9.31. The zero-order chi connectivity index (χ0) is 11.9. The number of methoxy groups -OCH3 is 1. The first-order chi connectivity index (χ1) is 7.56. The van der Waals surface area contributed by atoms with Crippen molar-refractivity contribution in [2.75, 3.05) is 12.8 Å². The Bertz CT molecular complexity index is 574. The predicted octanol–water partition coefficient (Wildman–Crippen LogP) is 0.646. The molecule has 0 spiro atoms. The second-order valence-corrected chi connectivity index (χ2v) is 3.48. The van der Waals surface area contributed by atoms with Crippen LogP contribution in [0.1, 0.15) is 16.1 Å². The highest BCUT2D eigenvalue weighted by atomic mass is 16.5. The van der Waals surface area contributed by atoms with Crippen LogP contribution in [0, 0.1) is 6.92 Å². The maximum atomic E-state index is 11.5. The molecule has 2 aromatic rings. The van der Waals surface area contributed by atoms with Gasteiger partial charge in [-0.3, -0.25) is 4.68 Å². The molecule has 6 heteroatoms. The second-order valence-electron chi connectivity index (χ2n) is 3.48. The first-order valence-electron chi connectivity index (χ1n) is 4.72. The van der Waals surface area contributed by atoms with E-state index < -0.39 is 5.97 Å². The molecule has 0 unspecified atom stereocenters. The lowest BCUT2D eigenvalue weighted by Gasteiger charge is -2.07. The van der Waals surface area contributed by atoms with E-state index in [0.29, 0.717) is 28.0 Å². The van der Waals surface area contributed by atoms with Crippen molar-refractivity contribution in [3.63, 3.8) is 0 Å². The maximum absolute atomic E-state index is 11.5. The van der Waals surface area contributed by atoms with Crippen molar-refractivity contribution in [2.24, 2.45) is 7.05 Å². The largest absolute Gasteiger partial charge is 0.465 e. The molecule has 6 nitrogen and oxygen atoms in total. The van der Waals surface area contributed by atoms with Gasteiger partial charge in [0.25, 0.3) is 0 Å². The lowest BCUT2D eigenvalue weighted by Crippen LogP contribution is -2.10. The van der Waals surface area contributed by atoms with E-state index in [1.165, 1.54) is 7.11 Å². The molecule has 0 amide bonds. The number of hydrogen-bond donors (Lipinski definition) is 1. The summed E-state index contributed by atoms with van der Waals surface area (Å²) in [5.74, 6) is -0.478. The molecule has 0 radical (unpaired) electrons. The summed E-state index contributed by atoms with van der Waals surface area (Å²) in [6.45, 7) is 1.72. The lowest BCUT2D eigenvalue weighted by molar-refractivity contribution is 0.0601. The van der Waals surface area contributed by atoms with Gasteiger partial charge >= 0.3 is 5.97 Å². The fourth-order valence-corrected chi connectivity index (χ4v) is 1.66. The average Bonchev–Trinajstić information content (AvgIpc) is 2.60. The van der Waals surface area contributed by atoms with Gasteiger partial charge in [-0.2, -0.15) is 5.10 Å². The number of ether oxygens (including phenoxy) is 1. The highest BCUT2D eigenvalue weighted by Crippen LogP contribution is 2.25. The number of nitrogens with two attached hydrogens (primary N) is 1. The third-order valence-corrected chi connectivity index (χ3v) is 2.49. The number of nitrogens with zero attached hydrogens (tertiary/aromatic N) is 3. The van der Waals surface area contributed by atoms with E-state index in [9.17, 15) is 4.79 Å². The third-order valence-electron chi connectivity index (χ3n) is 2.49. The molecule has 0 aliphatic heterocycles. The molecule has 2 heterocycles. The summed E-state index contributed by atoms with van der Waals surface area (Å²) < 4.78 is 6.28. The van der Waals surface area contributed by atoms with Crippen LogP contribution in [0.4, 0.5) is 5.69 Å². The lowest BCUT2D eigenvalue weighted by atomic mass is 10.1. The summed E-state index contributed by atoms with van der Waals surface area (Å²) in [5.41, 5.74) is 7.78. The molecule has 0 saturated heterocycles. The van der Waals surface area contributed by atoms with Crippen molar-refractivity contribution in [3.05, 3.63) is 17.5 Å². The Labute approximate surface area is 92.0 Å². The first-order valence-corrected chi connectivity index (χ1v) is 4.72. The monoisotopic (exact) mass is 220 g/mol. The summed E-state index contributed by atoms with van der Waals surface area (Å²) in [6.07, 6.45) is 1.59. The molecule has 2 rings (SSSR count). The van der Waals surface area contributed by atoms with Gasteiger partial charge in [0.15, 0.2) is 5.65 Å². The Morgan fingerprint density at radius 1 is 1.56 bits per heavy atom. The summed E-state index contributed by atoms with van der Waals surface area (Å²) in [5, 5.41) is 4.71. The summed E-state index contributed by atoms with van der Waals surface area (Å²) in [7, 11) is 3.08. The molecule has 16 heavy (non-hydrogen) atoms. The average molecular weight is 220 g/mol. The Hall–Kier alpha value is -2.11. The minimum absolute atomic E-state index is 0.308. The molecule has 0 fully saturated rings. The van der Waals surface area contributed by atoms with Gasteiger partial charge in [0, 0.05) is 7.05 Å². The summed E-state index contributed by atoms with van der Waals surface area (Å²) >= 11 is 0. The fourth-order valence-electron chi connectivity index (χ4n) is 1.66. The van der Waals surface area contributed by atoms with Gasteiger partial charge in [-0.1, -0.05) is 0 Å². The SMILES string of the molecule is COC(=O)c1c(C)nc2c(cnn2C)c1N. The highest BCUT2D eigenvalue weighted by Gasteiger charge is 2.19. The van der Waals surface area contributed by atoms with Crippen LogP contribution in [0.2, 0.25) is 0 Å². The number of nitrogen functional groups attached to an aromatic ring is 1. The summed E-state index contributed by atoms with van der Waals surface area (Å²) in [4.78, 5) is 15.8. The molecule has 0 aliphatic carbocycles. The van der Waals surface area contributed by atoms with E-state index in [4.69, 9.17) is 5.73 Å². The van der Waals surface area contributed by atoms with Gasteiger partial charge in [-0.15, -0.1) is 0 Å². The molecule has 0 aliphatic rings. The number of anilines is 1. The van der Waals surface area contributed by atoms with Gasteiger partial charge in [-0.25, -0.2) is 9.78 Å². The molecular formula is C10H12N4O2. The Balaban J connectivity index is 2.81. The smallest absolute Gasteiger partial charge is 0.341 e. The van der Waals surface area contributed by atoms with Crippen LogP contribution in [0.3, 0.4) is 0 Å². The molecule has 2 aromatic heterocycles. The molecule has 2 N–H and O–H groups in total. The van der Waals surface area contributed by atoms with Crippen molar-refractivity contribution >= 4 is 22.7 Å². The van der Waals surface area contributed by atoms with Crippen molar-refractivity contribution in [1.82, 2.24) is 14.8 Å². The van der Waals surface area contributed by atoms with Crippen LogP contribution >= 0.6 is 0 Å². The highest BCUT2D eigenvalue weighted by molar-refractivity contribution is 6.04. The maximum Gasteiger partial charge on any atom is 0.341 e. The second kappa shape index (κ2) is 3.48. The number of esters is 1. The third kappa shape index (κ3) is 1.30. The van der Waals surface area contributed by atoms with Crippen molar-refractivity contribution in [1.29, 1.82) is 0 Å². The van der Waals surface area contributed by atoms with Crippen LogP contribution in [-0.4, -0.2) is 27.8 Å². The van der Waals surface area contributed by atoms with E-state index >= 15 is 0 Å². The Kier molecular flexibility index (Phi) is 2.26. The number of hydrogen-bond acceptors (Lipinski definition) is 5. The van der Waals surface area contributed by atoms with Crippen LogP contribution in [0.5, 0.6) is 0 Å². The van der Waals surface area contributed by atoms with Crippen molar-refractivity contribution in [2.45, 2.75) is 6.92 Å². The van der Waals surface area contributed by atoms with Gasteiger partial charge in [0.1, 0.15) is 5.56 Å². The number of carbonyl (C=O) groups is 1. The number of aryl methyl sites for hydroxylation is 2. The Morgan fingerprint density at radius 2 is 2.25 bits per heavy atom. The standard InChI is InChI=1S/C10H12N4O2/c1-5-7(10(15)16-3)8(11)6-4-12-14(2)9(6)13-5/h4H,1-3H3,(H2,11,13). The van der Waals surface area contributed by atoms with Crippen LogP contribution in [0.25, 0.3) is 11.0 Å². The molecular weight excluding hydrogens is 208 g/mol. The van der Waals surface area contributed by atoms with Gasteiger partial charge in [0.2, 0.25) is 0 Å². The van der Waals surface area contributed by atoms with Crippen LogP contribution < -0.4 is 5.73 Å². The number of fused-ring (bicyclic) bond motifs is 1. The first kappa shape index (κ1) is 10.4. The molecule has 0 bridgehead atoms. The number of pyridine rings is 1.